The molecule has 3 heterocycles. The van der Waals surface area contributed by atoms with Gasteiger partial charge in [-0.1, -0.05) is 0 Å². The summed E-state index contributed by atoms with van der Waals surface area (Å²) < 4.78 is 1.75. The first-order valence-electron chi connectivity index (χ1n) is 8.99. The number of rotatable bonds is 3. The van der Waals surface area contributed by atoms with Crippen LogP contribution in [0, 0.1) is 19.8 Å². The van der Waals surface area contributed by atoms with Crippen molar-refractivity contribution in [2.45, 2.75) is 52.1 Å². The zero-order valence-electron chi connectivity index (χ0n) is 15.0. The number of hydrogen-bond donors (Lipinski definition) is 0. The molecule has 3 rings (SSSR count). The summed E-state index contributed by atoms with van der Waals surface area (Å²) in [6.45, 7) is 7.23. The van der Waals surface area contributed by atoms with Crippen molar-refractivity contribution < 1.29 is 4.79 Å². The summed E-state index contributed by atoms with van der Waals surface area (Å²) in [6, 6.07) is 0.0655. The normalized spacial score (nSPS) is 23.7. The minimum Gasteiger partial charge on any atom is -0.344 e. The van der Waals surface area contributed by atoms with Crippen LogP contribution in [0.1, 0.15) is 36.9 Å². The molecule has 2 fully saturated rings. The van der Waals surface area contributed by atoms with Crippen LogP contribution in [0.2, 0.25) is 0 Å². The quantitative estimate of drug-likeness (QED) is 0.834. The molecule has 1 atom stereocenters. The summed E-state index contributed by atoms with van der Waals surface area (Å²) in [5.74, 6) is 0.758. The number of aromatic nitrogens is 2. The highest BCUT2D eigenvalue weighted by atomic mass is 16.2. The minimum absolute atomic E-state index is 0.0655. The third-order valence-corrected chi connectivity index (χ3v) is 5.69. The molecule has 1 unspecified atom stereocenters. The summed E-state index contributed by atoms with van der Waals surface area (Å²) in [6.07, 6.45) is 5.82. The van der Waals surface area contributed by atoms with E-state index in [1.165, 1.54) is 0 Å². The van der Waals surface area contributed by atoms with Gasteiger partial charge in [0.2, 0.25) is 5.91 Å². The Labute approximate surface area is 143 Å². The Morgan fingerprint density at radius 2 is 1.83 bits per heavy atom. The van der Waals surface area contributed by atoms with E-state index in [2.05, 4.69) is 9.88 Å². The number of carbonyl (C=O) groups excluding carboxylic acids is 1. The highest BCUT2D eigenvalue weighted by Gasteiger charge is 2.33. The molecule has 2 saturated heterocycles. The van der Waals surface area contributed by atoms with Crippen LogP contribution in [-0.2, 0) is 11.3 Å². The smallest absolute Gasteiger partial charge is 0.256 e. The molecule has 132 valence electrons. The van der Waals surface area contributed by atoms with Gasteiger partial charge in [0.15, 0.2) is 0 Å². The highest BCUT2D eigenvalue weighted by Crippen LogP contribution is 2.24. The van der Waals surface area contributed by atoms with E-state index in [-0.39, 0.29) is 17.5 Å². The first kappa shape index (κ1) is 17.1. The van der Waals surface area contributed by atoms with Crippen LogP contribution in [0.15, 0.2) is 11.1 Å². The van der Waals surface area contributed by atoms with Crippen LogP contribution >= 0.6 is 0 Å². The van der Waals surface area contributed by atoms with Crippen molar-refractivity contribution in [1.82, 2.24) is 19.4 Å². The van der Waals surface area contributed by atoms with Crippen molar-refractivity contribution in [2.24, 2.45) is 5.92 Å². The third-order valence-electron chi connectivity index (χ3n) is 5.69. The molecule has 2 aliphatic heterocycles. The van der Waals surface area contributed by atoms with E-state index in [9.17, 15) is 9.59 Å². The lowest BCUT2D eigenvalue weighted by molar-refractivity contribution is -0.139. The zero-order valence-corrected chi connectivity index (χ0v) is 15.0. The first-order chi connectivity index (χ1) is 11.5. The van der Waals surface area contributed by atoms with Crippen molar-refractivity contribution in [2.75, 3.05) is 26.7 Å². The van der Waals surface area contributed by atoms with E-state index >= 15 is 0 Å². The Bertz CT molecular complexity index is 661. The number of piperidine rings is 2. The van der Waals surface area contributed by atoms with Crippen LogP contribution in [0.25, 0.3) is 0 Å². The molecule has 2 aliphatic rings. The Morgan fingerprint density at radius 3 is 2.54 bits per heavy atom. The zero-order chi connectivity index (χ0) is 17.3. The Balaban J connectivity index is 1.59. The summed E-state index contributed by atoms with van der Waals surface area (Å²) in [4.78, 5) is 33.2. The molecule has 0 radical (unpaired) electrons. The minimum atomic E-state index is 0.0655. The first-order valence-corrected chi connectivity index (χ1v) is 8.99. The molecule has 0 aromatic carbocycles. The van der Waals surface area contributed by atoms with E-state index in [4.69, 9.17) is 0 Å². The lowest BCUT2D eigenvalue weighted by Gasteiger charge is -2.40. The molecule has 0 aliphatic carbocycles. The van der Waals surface area contributed by atoms with Crippen LogP contribution in [0.3, 0.4) is 0 Å². The predicted octanol–water partition coefficient (Wildman–Crippen LogP) is 1.19. The molecule has 0 bridgehead atoms. The number of likely N-dealkylation sites (tertiary alicyclic amines) is 2. The molecular formula is C18H28N4O2. The molecule has 1 aromatic heterocycles. The monoisotopic (exact) mass is 332 g/mol. The van der Waals surface area contributed by atoms with E-state index in [1.807, 2.05) is 25.8 Å². The van der Waals surface area contributed by atoms with Crippen LogP contribution in [0.4, 0.5) is 0 Å². The molecular weight excluding hydrogens is 304 g/mol. The fraction of sp³-hybridized carbons (Fsp3) is 0.722. The Morgan fingerprint density at radius 1 is 1.12 bits per heavy atom. The van der Waals surface area contributed by atoms with Gasteiger partial charge in [0, 0.05) is 31.4 Å². The summed E-state index contributed by atoms with van der Waals surface area (Å²) in [7, 11) is 1.90. The molecule has 1 amide bonds. The highest BCUT2D eigenvalue weighted by molar-refractivity contribution is 5.82. The lowest BCUT2D eigenvalue weighted by atomic mass is 9.93. The van der Waals surface area contributed by atoms with Gasteiger partial charge in [0.05, 0.1) is 12.4 Å². The van der Waals surface area contributed by atoms with Crippen molar-refractivity contribution in [3.8, 4) is 0 Å². The van der Waals surface area contributed by atoms with Gasteiger partial charge in [-0.3, -0.25) is 19.1 Å². The number of aryl methyl sites for hydroxylation is 1. The third kappa shape index (κ3) is 3.38. The van der Waals surface area contributed by atoms with Crippen molar-refractivity contribution >= 4 is 5.91 Å². The molecule has 0 spiro atoms. The number of carbonyl (C=O) groups is 1. The SMILES string of the molecule is Cc1ncn(CC2CCN(C3CCCN(C)C3=O)CC2)c(=O)c1C. The van der Waals surface area contributed by atoms with E-state index in [0.717, 1.165) is 63.1 Å². The largest absolute Gasteiger partial charge is 0.344 e. The van der Waals surface area contributed by atoms with E-state index in [0.29, 0.717) is 5.92 Å². The van der Waals surface area contributed by atoms with Gasteiger partial charge in [-0.2, -0.15) is 0 Å². The average molecular weight is 332 g/mol. The Kier molecular flexibility index (Phi) is 5.04. The molecule has 24 heavy (non-hydrogen) atoms. The van der Waals surface area contributed by atoms with Crippen molar-refractivity contribution in [3.05, 3.63) is 27.9 Å². The number of likely N-dealkylation sites (N-methyl/N-ethyl adjacent to an activating group) is 1. The molecule has 1 aromatic rings. The van der Waals surface area contributed by atoms with Gasteiger partial charge < -0.3 is 4.90 Å². The van der Waals surface area contributed by atoms with Gasteiger partial charge in [-0.05, 0) is 58.5 Å². The predicted molar refractivity (Wildman–Crippen MR) is 92.9 cm³/mol. The molecule has 0 saturated carbocycles. The van der Waals surface area contributed by atoms with Crippen molar-refractivity contribution in [3.63, 3.8) is 0 Å². The average Bonchev–Trinajstić information content (AvgIpc) is 2.59. The number of nitrogens with zero attached hydrogens (tertiary/aromatic N) is 4. The topological polar surface area (TPSA) is 58.4 Å². The van der Waals surface area contributed by atoms with E-state index < -0.39 is 0 Å². The maximum atomic E-state index is 12.3. The summed E-state index contributed by atoms with van der Waals surface area (Å²) >= 11 is 0. The van der Waals surface area contributed by atoms with Crippen molar-refractivity contribution in [1.29, 1.82) is 0 Å². The molecule has 6 nitrogen and oxygen atoms in total. The van der Waals surface area contributed by atoms with Gasteiger partial charge in [0.1, 0.15) is 0 Å². The van der Waals surface area contributed by atoms with Crippen LogP contribution in [-0.4, -0.2) is 58.0 Å². The van der Waals surface area contributed by atoms with Crippen LogP contribution in [0.5, 0.6) is 0 Å². The van der Waals surface area contributed by atoms with Crippen LogP contribution < -0.4 is 5.56 Å². The molecule has 6 heteroatoms. The fourth-order valence-electron chi connectivity index (χ4n) is 3.88. The maximum Gasteiger partial charge on any atom is 0.256 e. The number of hydrogen-bond acceptors (Lipinski definition) is 4. The second-order valence-electron chi connectivity index (χ2n) is 7.31. The summed E-state index contributed by atoms with van der Waals surface area (Å²) in [5, 5.41) is 0. The van der Waals surface area contributed by atoms with Gasteiger partial charge in [-0.25, -0.2) is 4.98 Å². The second kappa shape index (κ2) is 7.05. The Hall–Kier alpha value is -1.69. The maximum absolute atomic E-state index is 12.3. The van der Waals surface area contributed by atoms with Gasteiger partial charge in [0.25, 0.3) is 5.56 Å². The van der Waals surface area contributed by atoms with Gasteiger partial charge in [-0.15, -0.1) is 0 Å². The lowest BCUT2D eigenvalue weighted by Crippen LogP contribution is -2.53. The fourth-order valence-corrected chi connectivity index (χ4v) is 3.88. The molecule has 0 N–H and O–H groups in total. The van der Waals surface area contributed by atoms with E-state index in [1.54, 1.807) is 10.9 Å². The van der Waals surface area contributed by atoms with Gasteiger partial charge >= 0.3 is 0 Å². The number of amides is 1. The second-order valence-corrected chi connectivity index (χ2v) is 7.31. The standard InChI is InChI=1S/C18H28N4O2/c1-13-14(2)19-12-22(17(13)23)11-15-6-9-21(10-7-15)16-5-4-8-20(3)18(16)24/h12,15-16H,4-11H2,1-3H3. The summed E-state index contributed by atoms with van der Waals surface area (Å²) in [5.41, 5.74) is 1.63.